The van der Waals surface area contributed by atoms with Gasteiger partial charge in [-0.2, -0.15) is 0 Å². The molecular weight excluding hydrogens is 319 g/mol. The maximum Gasteiger partial charge on any atom is 0.269 e. The molecule has 0 saturated carbocycles. The molecule has 3 aromatic rings. The van der Waals surface area contributed by atoms with Crippen LogP contribution in [0.25, 0.3) is 11.3 Å². The molecule has 0 saturated heterocycles. The van der Waals surface area contributed by atoms with E-state index in [1.807, 2.05) is 0 Å². The van der Waals surface area contributed by atoms with Crippen LogP contribution >= 0.6 is 0 Å². The first kappa shape index (κ1) is 15.2. The van der Waals surface area contributed by atoms with E-state index in [2.05, 4.69) is 11.9 Å². The van der Waals surface area contributed by atoms with Crippen molar-refractivity contribution in [3.8, 4) is 17.0 Å². The lowest BCUT2D eigenvalue weighted by Gasteiger charge is -2.11. The minimum Gasteiger partial charge on any atom is -0.508 e. The Morgan fingerprint density at radius 2 is 2.00 bits per heavy atom. The molecule has 1 aromatic carbocycles. The van der Waals surface area contributed by atoms with Gasteiger partial charge in [0.15, 0.2) is 0 Å². The van der Waals surface area contributed by atoms with E-state index in [0.717, 1.165) is 10.0 Å². The van der Waals surface area contributed by atoms with Crippen LogP contribution < -0.4 is 0 Å². The van der Waals surface area contributed by atoms with Gasteiger partial charge in [-0.05, 0) is 42.8 Å². The second-order valence-corrected chi connectivity index (χ2v) is 6.70. The fraction of sp³-hybridized carbons (Fsp3) is 0. The number of hydrogen-bond donors (Lipinski definition) is 1. The summed E-state index contributed by atoms with van der Waals surface area (Å²) in [5, 5.41) is 9.31. The van der Waals surface area contributed by atoms with Gasteiger partial charge in [0.05, 0.1) is 5.69 Å². The standard InChI is InChI=1S/C16H12FN2O3S/c1-11-7-16(14-5-4-12(20)8-15(14)17)19(10-11)23(21,22)13-3-2-6-18-9-13/h2-10,20H,1H2. The number of pyridine rings is 1. The van der Waals surface area contributed by atoms with Crippen molar-refractivity contribution in [2.45, 2.75) is 4.90 Å². The van der Waals surface area contributed by atoms with Gasteiger partial charge in [-0.15, -0.1) is 0 Å². The molecule has 0 aliphatic rings. The van der Waals surface area contributed by atoms with Crippen LogP contribution in [0.3, 0.4) is 0 Å². The molecule has 1 radical (unpaired) electrons. The number of aromatic nitrogens is 2. The Morgan fingerprint density at radius 3 is 2.65 bits per heavy atom. The first-order valence-electron chi connectivity index (χ1n) is 6.58. The SMILES string of the molecule is [CH2]c1cc(-c2ccc(O)cc2F)n(S(=O)(=O)c2cccnc2)c1. The van der Waals surface area contributed by atoms with Crippen LogP contribution in [0.2, 0.25) is 0 Å². The lowest BCUT2D eigenvalue weighted by molar-refractivity contribution is 0.469. The number of nitrogens with zero attached hydrogens (tertiary/aromatic N) is 2. The molecule has 0 unspecified atom stereocenters. The molecule has 1 N–H and O–H groups in total. The Kier molecular flexibility index (Phi) is 3.65. The summed E-state index contributed by atoms with van der Waals surface area (Å²) in [5.41, 5.74) is 0.585. The van der Waals surface area contributed by atoms with E-state index in [1.54, 1.807) is 0 Å². The van der Waals surface area contributed by atoms with E-state index in [0.29, 0.717) is 5.56 Å². The van der Waals surface area contributed by atoms with Crippen LogP contribution in [0, 0.1) is 12.7 Å². The van der Waals surface area contributed by atoms with Crippen molar-refractivity contribution in [3.63, 3.8) is 0 Å². The number of aromatic hydroxyl groups is 1. The highest BCUT2D eigenvalue weighted by molar-refractivity contribution is 7.90. The average Bonchev–Trinajstić information content (AvgIpc) is 2.90. The van der Waals surface area contributed by atoms with Crippen molar-refractivity contribution < 1.29 is 17.9 Å². The molecule has 0 amide bonds. The molecule has 0 aliphatic carbocycles. The second-order valence-electron chi connectivity index (χ2n) is 4.89. The molecule has 3 rings (SSSR count). The molecular formula is C16H12FN2O3S. The fourth-order valence-corrected chi connectivity index (χ4v) is 3.57. The molecule has 0 bridgehead atoms. The van der Waals surface area contributed by atoms with E-state index < -0.39 is 15.8 Å². The Bertz CT molecular complexity index is 966. The van der Waals surface area contributed by atoms with Crippen molar-refractivity contribution in [1.29, 1.82) is 0 Å². The summed E-state index contributed by atoms with van der Waals surface area (Å²) in [7, 11) is -3.94. The third-order valence-electron chi connectivity index (χ3n) is 3.26. The summed E-state index contributed by atoms with van der Waals surface area (Å²) in [6.07, 6.45) is 3.99. The topological polar surface area (TPSA) is 72.2 Å². The van der Waals surface area contributed by atoms with Gasteiger partial charge < -0.3 is 5.11 Å². The number of halogens is 1. The number of hydrogen-bond acceptors (Lipinski definition) is 4. The molecule has 0 atom stereocenters. The molecule has 0 spiro atoms. The first-order valence-corrected chi connectivity index (χ1v) is 8.02. The Morgan fingerprint density at radius 1 is 1.22 bits per heavy atom. The van der Waals surface area contributed by atoms with Crippen LogP contribution in [-0.2, 0) is 10.0 Å². The zero-order valence-electron chi connectivity index (χ0n) is 11.8. The van der Waals surface area contributed by atoms with E-state index in [-0.39, 0.29) is 21.9 Å². The molecule has 23 heavy (non-hydrogen) atoms. The third-order valence-corrected chi connectivity index (χ3v) is 4.92. The van der Waals surface area contributed by atoms with Crippen LogP contribution in [0.4, 0.5) is 4.39 Å². The normalized spacial score (nSPS) is 11.6. The summed E-state index contributed by atoms with van der Waals surface area (Å²) in [6.45, 7) is 3.71. The van der Waals surface area contributed by atoms with Crippen LogP contribution in [0.15, 0.2) is 59.9 Å². The molecule has 117 valence electrons. The van der Waals surface area contributed by atoms with Gasteiger partial charge >= 0.3 is 0 Å². The number of phenolic OH excluding ortho intramolecular Hbond substituents is 1. The number of phenols is 1. The quantitative estimate of drug-likeness (QED) is 0.801. The van der Waals surface area contributed by atoms with E-state index >= 15 is 0 Å². The van der Waals surface area contributed by atoms with E-state index in [1.165, 1.54) is 48.9 Å². The molecule has 2 aromatic heterocycles. The molecule has 2 heterocycles. The minimum absolute atomic E-state index is 0.0176. The first-order chi connectivity index (χ1) is 10.9. The van der Waals surface area contributed by atoms with Crippen molar-refractivity contribution >= 4 is 10.0 Å². The Balaban J connectivity index is 2.23. The van der Waals surface area contributed by atoms with Crippen molar-refractivity contribution in [2.24, 2.45) is 0 Å². The monoisotopic (exact) mass is 331 g/mol. The Hall–Kier alpha value is -2.67. The van der Waals surface area contributed by atoms with Gasteiger partial charge in [-0.25, -0.2) is 16.8 Å². The molecule has 7 heteroatoms. The maximum absolute atomic E-state index is 14.1. The lowest BCUT2D eigenvalue weighted by Crippen LogP contribution is -2.13. The molecule has 5 nitrogen and oxygen atoms in total. The summed E-state index contributed by atoms with van der Waals surface area (Å²) in [6, 6.07) is 7.89. The van der Waals surface area contributed by atoms with Gasteiger partial charge in [0.25, 0.3) is 10.0 Å². The van der Waals surface area contributed by atoms with Crippen molar-refractivity contribution in [1.82, 2.24) is 8.96 Å². The summed E-state index contributed by atoms with van der Waals surface area (Å²) in [5.74, 6) is -0.972. The predicted octanol–water partition coefficient (Wildman–Crippen LogP) is 2.81. The highest BCUT2D eigenvalue weighted by Gasteiger charge is 2.22. The van der Waals surface area contributed by atoms with E-state index in [9.17, 15) is 17.9 Å². The number of rotatable bonds is 3. The van der Waals surface area contributed by atoms with Gasteiger partial charge in [-0.3, -0.25) is 4.98 Å². The maximum atomic E-state index is 14.1. The Labute approximate surface area is 132 Å². The summed E-state index contributed by atoms with van der Waals surface area (Å²) < 4.78 is 40.6. The zero-order chi connectivity index (χ0) is 16.6. The second kappa shape index (κ2) is 5.51. The highest BCUT2D eigenvalue weighted by atomic mass is 32.2. The van der Waals surface area contributed by atoms with Crippen LogP contribution in [-0.4, -0.2) is 22.5 Å². The predicted molar refractivity (Wildman–Crippen MR) is 82.8 cm³/mol. The lowest BCUT2D eigenvalue weighted by atomic mass is 10.1. The largest absolute Gasteiger partial charge is 0.508 e. The van der Waals surface area contributed by atoms with Gasteiger partial charge in [0.2, 0.25) is 0 Å². The van der Waals surface area contributed by atoms with E-state index in [4.69, 9.17) is 0 Å². The number of benzene rings is 1. The van der Waals surface area contributed by atoms with Gasteiger partial charge in [0, 0.05) is 30.2 Å². The zero-order valence-corrected chi connectivity index (χ0v) is 12.7. The smallest absolute Gasteiger partial charge is 0.269 e. The van der Waals surface area contributed by atoms with Crippen molar-refractivity contribution in [2.75, 3.05) is 0 Å². The fourth-order valence-electron chi connectivity index (χ4n) is 2.22. The van der Waals surface area contributed by atoms with Gasteiger partial charge in [0.1, 0.15) is 16.5 Å². The molecule has 0 aliphatic heterocycles. The molecule has 0 fully saturated rings. The van der Waals surface area contributed by atoms with Crippen molar-refractivity contribution in [3.05, 3.63) is 73.3 Å². The van der Waals surface area contributed by atoms with Crippen LogP contribution in [0.1, 0.15) is 5.56 Å². The summed E-state index contributed by atoms with van der Waals surface area (Å²) in [4.78, 5) is 3.78. The minimum atomic E-state index is -3.94. The van der Waals surface area contributed by atoms with Crippen LogP contribution in [0.5, 0.6) is 5.75 Å². The summed E-state index contributed by atoms with van der Waals surface area (Å²) >= 11 is 0. The van der Waals surface area contributed by atoms with Gasteiger partial charge in [-0.1, -0.05) is 0 Å². The third kappa shape index (κ3) is 2.70. The average molecular weight is 331 g/mol. The highest BCUT2D eigenvalue weighted by Crippen LogP contribution is 2.30.